The lowest BCUT2D eigenvalue weighted by Gasteiger charge is -2.28. The number of methoxy groups -OCH3 is 1. The Kier molecular flexibility index (Phi) is 11.7. The number of aliphatic hydroxyl groups excluding tert-OH is 1. The number of allylic oxidation sites excluding steroid dienone is 1. The Bertz CT molecular complexity index is 1300. The van der Waals surface area contributed by atoms with Crippen LogP contribution in [-0.2, 0) is 9.53 Å². The van der Waals surface area contributed by atoms with E-state index in [9.17, 15) is 14.7 Å². The Labute approximate surface area is 260 Å². The zero-order valence-electron chi connectivity index (χ0n) is 22.7. The van der Waals surface area contributed by atoms with Crippen molar-refractivity contribution in [2.24, 2.45) is 5.10 Å². The third kappa shape index (κ3) is 8.36. The minimum absolute atomic E-state index is 0.00301. The second-order valence-electron chi connectivity index (χ2n) is 8.89. The van der Waals surface area contributed by atoms with Crippen LogP contribution in [0.2, 0.25) is 0 Å². The van der Waals surface area contributed by atoms with E-state index < -0.39 is 24.3 Å². The summed E-state index contributed by atoms with van der Waals surface area (Å²) in [6.07, 6.45) is 0.464. The molecule has 216 valence electrons. The highest BCUT2D eigenvalue weighted by atomic mass is 127. The number of hydrogen-bond acceptors (Lipinski definition) is 9. The maximum absolute atomic E-state index is 12.4. The van der Waals surface area contributed by atoms with Gasteiger partial charge in [0.25, 0.3) is 0 Å². The highest BCUT2D eigenvalue weighted by molar-refractivity contribution is 14.1. The third-order valence-corrected chi connectivity index (χ3v) is 6.91. The standard InChI is InChI=1S/C27H32I2N4O7/c1-6-38-21-10-16(24-23(26(35)37-5)15(4)31-27(36)32-24)7-8-20(21)39-13-22(34)33-30-12-17-9-18(28)11-19(29)25(17)40-14(2)3/h7-12,14,22,24,33-34H,6,13H2,1-5H3,(H2,31,32,36)/b30-12+/t22-,24+/m1/s1. The molecule has 11 nitrogen and oxygen atoms in total. The van der Waals surface area contributed by atoms with Crippen molar-refractivity contribution in [1.29, 1.82) is 0 Å². The number of carbonyl (C=O) groups is 2. The van der Waals surface area contributed by atoms with E-state index >= 15 is 0 Å². The van der Waals surface area contributed by atoms with Gasteiger partial charge in [-0.05, 0) is 103 Å². The number of amides is 2. The van der Waals surface area contributed by atoms with Gasteiger partial charge in [-0.15, -0.1) is 0 Å². The molecule has 4 N–H and O–H groups in total. The number of hydrazone groups is 1. The molecular weight excluding hydrogens is 746 g/mol. The zero-order chi connectivity index (χ0) is 29.4. The number of aliphatic hydroxyl groups is 1. The number of benzene rings is 2. The van der Waals surface area contributed by atoms with Crippen LogP contribution in [0.15, 0.2) is 46.7 Å². The van der Waals surface area contributed by atoms with E-state index in [-0.39, 0.29) is 18.3 Å². The molecule has 0 aromatic heterocycles. The van der Waals surface area contributed by atoms with Gasteiger partial charge in [0.2, 0.25) is 0 Å². The van der Waals surface area contributed by atoms with Crippen LogP contribution < -0.4 is 30.3 Å². The van der Waals surface area contributed by atoms with Gasteiger partial charge in [-0.2, -0.15) is 5.10 Å². The van der Waals surface area contributed by atoms with E-state index in [2.05, 4.69) is 66.3 Å². The molecule has 40 heavy (non-hydrogen) atoms. The summed E-state index contributed by atoms with van der Waals surface area (Å²) >= 11 is 4.45. The molecule has 1 aliphatic rings. The summed E-state index contributed by atoms with van der Waals surface area (Å²) in [4.78, 5) is 24.5. The van der Waals surface area contributed by atoms with Crippen LogP contribution >= 0.6 is 45.2 Å². The zero-order valence-corrected chi connectivity index (χ0v) is 27.0. The lowest BCUT2D eigenvalue weighted by molar-refractivity contribution is -0.136. The van der Waals surface area contributed by atoms with Crippen LogP contribution in [0, 0.1) is 7.14 Å². The number of urea groups is 1. The third-order valence-electron chi connectivity index (χ3n) is 5.49. The Hall–Kier alpha value is -2.79. The summed E-state index contributed by atoms with van der Waals surface area (Å²) in [5.74, 6) is 0.912. The summed E-state index contributed by atoms with van der Waals surface area (Å²) < 4.78 is 24.4. The van der Waals surface area contributed by atoms with Crippen molar-refractivity contribution < 1.29 is 33.6 Å². The fraction of sp³-hybridized carbons (Fsp3) is 0.370. The molecule has 1 aliphatic heterocycles. The van der Waals surface area contributed by atoms with Crippen molar-refractivity contribution in [3.05, 3.63) is 59.9 Å². The first-order valence-electron chi connectivity index (χ1n) is 12.4. The molecule has 2 atom stereocenters. The van der Waals surface area contributed by atoms with Gasteiger partial charge in [-0.1, -0.05) is 6.07 Å². The van der Waals surface area contributed by atoms with E-state index in [1.54, 1.807) is 31.3 Å². The van der Waals surface area contributed by atoms with Crippen LogP contribution in [0.5, 0.6) is 17.2 Å². The van der Waals surface area contributed by atoms with Gasteiger partial charge in [0, 0.05) is 14.8 Å². The smallest absolute Gasteiger partial charge is 0.337 e. The largest absolute Gasteiger partial charge is 0.490 e. The quantitative estimate of drug-likeness (QED) is 0.0828. The van der Waals surface area contributed by atoms with Gasteiger partial charge in [0.1, 0.15) is 12.4 Å². The van der Waals surface area contributed by atoms with Gasteiger partial charge in [-0.25, -0.2) is 9.59 Å². The Morgan fingerprint density at radius 1 is 1.20 bits per heavy atom. The number of esters is 1. The molecule has 0 bridgehead atoms. The van der Waals surface area contributed by atoms with Crippen LogP contribution in [0.1, 0.15) is 44.9 Å². The number of ether oxygens (including phenoxy) is 4. The fourth-order valence-corrected chi connectivity index (χ4v) is 5.87. The summed E-state index contributed by atoms with van der Waals surface area (Å²) in [7, 11) is 1.28. The van der Waals surface area contributed by atoms with E-state index in [0.717, 1.165) is 18.5 Å². The summed E-state index contributed by atoms with van der Waals surface area (Å²) in [6.45, 7) is 7.57. The number of hydrogen-bond donors (Lipinski definition) is 4. The number of halogens is 2. The van der Waals surface area contributed by atoms with Crippen LogP contribution in [0.3, 0.4) is 0 Å². The van der Waals surface area contributed by atoms with Gasteiger partial charge in [0.15, 0.2) is 17.7 Å². The monoisotopic (exact) mass is 778 g/mol. The first-order valence-corrected chi connectivity index (χ1v) is 14.6. The van der Waals surface area contributed by atoms with Crippen molar-refractivity contribution >= 4 is 63.4 Å². The molecule has 3 rings (SSSR count). The first kappa shape index (κ1) is 31.7. The highest BCUT2D eigenvalue weighted by Gasteiger charge is 2.32. The minimum Gasteiger partial charge on any atom is -0.490 e. The molecule has 0 fully saturated rings. The molecule has 2 aromatic carbocycles. The predicted molar refractivity (Wildman–Crippen MR) is 167 cm³/mol. The lowest BCUT2D eigenvalue weighted by Crippen LogP contribution is -2.45. The van der Waals surface area contributed by atoms with Gasteiger partial charge >= 0.3 is 12.0 Å². The first-order chi connectivity index (χ1) is 19.0. The van der Waals surface area contributed by atoms with E-state index in [1.807, 2.05) is 32.9 Å². The molecule has 0 saturated carbocycles. The van der Waals surface area contributed by atoms with Crippen molar-refractivity contribution in [2.75, 3.05) is 20.3 Å². The molecule has 1 heterocycles. The van der Waals surface area contributed by atoms with Crippen LogP contribution in [0.25, 0.3) is 0 Å². The van der Waals surface area contributed by atoms with Crippen molar-refractivity contribution in [1.82, 2.24) is 16.1 Å². The topological polar surface area (TPSA) is 140 Å². The van der Waals surface area contributed by atoms with Gasteiger partial charge in [0.05, 0.1) is 41.2 Å². The fourth-order valence-electron chi connectivity index (χ4n) is 3.85. The van der Waals surface area contributed by atoms with Gasteiger partial charge in [-0.3, -0.25) is 5.43 Å². The normalized spacial score (nSPS) is 15.9. The average Bonchev–Trinajstić information content (AvgIpc) is 2.89. The van der Waals surface area contributed by atoms with Crippen LogP contribution in [0.4, 0.5) is 4.79 Å². The molecule has 0 radical (unpaired) electrons. The molecule has 2 amide bonds. The molecule has 0 unspecified atom stereocenters. The summed E-state index contributed by atoms with van der Waals surface area (Å²) in [5.41, 5.74) is 4.71. The molecule has 13 heteroatoms. The van der Waals surface area contributed by atoms with Gasteiger partial charge < -0.3 is 34.7 Å². The van der Waals surface area contributed by atoms with Crippen LogP contribution in [-0.4, -0.2) is 56.0 Å². The molecule has 0 spiro atoms. The highest BCUT2D eigenvalue weighted by Crippen LogP contribution is 2.35. The lowest BCUT2D eigenvalue weighted by atomic mass is 9.95. The SMILES string of the molecule is CCOc1cc([C@@H]2NC(=O)NC(C)=C2C(=O)OC)ccc1OC[C@@H](O)N/N=C/c1cc(I)cc(I)c1OC(C)C. The Balaban J connectivity index is 1.72. The minimum atomic E-state index is -1.12. The van der Waals surface area contributed by atoms with Crippen molar-refractivity contribution in [3.63, 3.8) is 0 Å². The maximum atomic E-state index is 12.4. The number of rotatable bonds is 12. The molecule has 2 aromatic rings. The second kappa shape index (κ2) is 14.7. The molecule has 0 saturated heterocycles. The maximum Gasteiger partial charge on any atom is 0.337 e. The molecule has 0 aliphatic carbocycles. The summed E-state index contributed by atoms with van der Waals surface area (Å²) in [5, 5.41) is 19.9. The van der Waals surface area contributed by atoms with Crippen molar-refractivity contribution in [2.45, 2.75) is 46.1 Å². The molecular formula is C27H32I2N4O7. The van der Waals surface area contributed by atoms with E-state index in [0.29, 0.717) is 29.4 Å². The number of nitrogens with one attached hydrogen (secondary N) is 3. The average molecular weight is 778 g/mol. The summed E-state index contributed by atoms with van der Waals surface area (Å²) in [6, 6.07) is 7.81. The predicted octanol–water partition coefficient (Wildman–Crippen LogP) is 4.20. The Morgan fingerprint density at radius 3 is 2.62 bits per heavy atom. The Morgan fingerprint density at radius 2 is 1.95 bits per heavy atom. The van der Waals surface area contributed by atoms with E-state index in [4.69, 9.17) is 18.9 Å². The number of nitrogens with zero attached hydrogens (tertiary/aromatic N) is 1. The van der Waals surface area contributed by atoms with Crippen molar-refractivity contribution in [3.8, 4) is 17.2 Å². The second-order valence-corrected chi connectivity index (χ2v) is 11.3. The number of carbonyl (C=O) groups excluding carboxylic acids is 2. The van der Waals surface area contributed by atoms with E-state index in [1.165, 1.54) is 7.11 Å².